The van der Waals surface area contributed by atoms with Gasteiger partial charge in [-0.1, -0.05) is 12.7 Å². The molecular weight excluding hydrogens is 162 g/mol. The highest BCUT2D eigenvalue weighted by Crippen LogP contribution is 1.96. The fourth-order valence-corrected chi connectivity index (χ4v) is 0.635. The highest BCUT2D eigenvalue weighted by Gasteiger charge is 1.90. The fourth-order valence-electron chi connectivity index (χ4n) is 0.501. The van der Waals surface area contributed by atoms with Crippen molar-refractivity contribution in [3.8, 4) is 6.01 Å². The van der Waals surface area contributed by atoms with Crippen molar-refractivity contribution in [2.24, 2.45) is 0 Å². The van der Waals surface area contributed by atoms with Gasteiger partial charge in [-0.2, -0.15) is 4.98 Å². The molecule has 0 saturated heterocycles. The van der Waals surface area contributed by atoms with E-state index in [2.05, 4.69) is 21.5 Å². The van der Waals surface area contributed by atoms with Crippen LogP contribution in [0.25, 0.3) is 0 Å². The molecule has 0 fully saturated rings. The van der Waals surface area contributed by atoms with Gasteiger partial charge in [-0.05, 0) is 12.2 Å². The summed E-state index contributed by atoms with van der Waals surface area (Å²) >= 11 is 4.74. The molecule has 0 bridgehead atoms. The van der Waals surface area contributed by atoms with Crippen LogP contribution in [0.2, 0.25) is 0 Å². The lowest BCUT2D eigenvalue weighted by Crippen LogP contribution is -1.98. The van der Waals surface area contributed by atoms with Gasteiger partial charge in [-0.15, -0.1) is 0 Å². The van der Waals surface area contributed by atoms with Gasteiger partial charge in [0.25, 0.3) is 6.01 Å². The Morgan fingerprint density at radius 3 is 3.18 bits per heavy atom. The highest BCUT2D eigenvalue weighted by molar-refractivity contribution is 7.71. The predicted molar refractivity (Wildman–Crippen MR) is 42.9 cm³/mol. The van der Waals surface area contributed by atoms with Crippen LogP contribution in [0.3, 0.4) is 0 Å². The number of hydrogen-bond donors (Lipinski definition) is 1. The highest BCUT2D eigenvalue weighted by atomic mass is 32.1. The van der Waals surface area contributed by atoms with Gasteiger partial charge in [0.2, 0.25) is 4.77 Å². The van der Waals surface area contributed by atoms with Crippen molar-refractivity contribution in [3.05, 3.63) is 23.8 Å². The van der Waals surface area contributed by atoms with Crippen molar-refractivity contribution in [1.29, 1.82) is 0 Å². The van der Waals surface area contributed by atoms with Gasteiger partial charge in [0.15, 0.2) is 0 Å². The summed E-state index contributed by atoms with van der Waals surface area (Å²) in [6, 6.07) is 0.366. The van der Waals surface area contributed by atoms with Gasteiger partial charge in [0.1, 0.15) is 12.9 Å². The zero-order valence-corrected chi connectivity index (χ0v) is 6.60. The monoisotopic (exact) mass is 169 g/mol. The molecule has 0 atom stereocenters. The van der Waals surface area contributed by atoms with Gasteiger partial charge in [-0.25, -0.2) is 4.98 Å². The summed E-state index contributed by atoms with van der Waals surface area (Å²) in [5.74, 6) is 0. The van der Waals surface area contributed by atoms with Crippen LogP contribution < -0.4 is 4.74 Å². The van der Waals surface area contributed by atoms with Crippen LogP contribution in [0.4, 0.5) is 0 Å². The van der Waals surface area contributed by atoms with Gasteiger partial charge in [0.05, 0.1) is 0 Å². The van der Waals surface area contributed by atoms with Crippen molar-refractivity contribution in [1.82, 2.24) is 15.0 Å². The molecule has 1 rings (SSSR count). The Morgan fingerprint density at radius 2 is 2.55 bits per heavy atom. The number of hydrogen-bond acceptors (Lipinski definition) is 4. The average Bonchev–Trinajstić information content (AvgIpc) is 2.01. The summed E-state index contributed by atoms with van der Waals surface area (Å²) in [6.45, 7) is 3.89. The Kier molecular flexibility index (Phi) is 2.74. The van der Waals surface area contributed by atoms with E-state index in [9.17, 15) is 0 Å². The molecule has 1 N–H and O–H groups in total. The summed E-state index contributed by atoms with van der Waals surface area (Å²) in [7, 11) is 0. The number of aromatic nitrogens is 3. The molecule has 11 heavy (non-hydrogen) atoms. The van der Waals surface area contributed by atoms with Crippen LogP contribution in [-0.2, 0) is 0 Å². The first-order valence-corrected chi connectivity index (χ1v) is 3.39. The third-order valence-corrected chi connectivity index (χ3v) is 1.11. The van der Waals surface area contributed by atoms with E-state index < -0.39 is 0 Å². The molecule has 4 nitrogen and oxygen atoms in total. The molecule has 0 saturated carbocycles. The van der Waals surface area contributed by atoms with Crippen LogP contribution in [0, 0.1) is 4.77 Å². The molecular formula is C6H7N3OS. The summed E-state index contributed by atoms with van der Waals surface area (Å²) < 4.78 is 5.40. The Labute approximate surface area is 69.0 Å². The molecule has 0 amide bonds. The van der Waals surface area contributed by atoms with Gasteiger partial charge in [-0.3, -0.25) is 4.98 Å². The van der Waals surface area contributed by atoms with Crippen molar-refractivity contribution in [2.45, 2.75) is 0 Å². The Bertz CT molecular complexity index is 296. The van der Waals surface area contributed by atoms with E-state index in [1.807, 2.05) is 0 Å². The molecule has 0 aliphatic heterocycles. The normalized spacial score (nSPS) is 9.09. The molecule has 0 aromatic carbocycles. The first-order valence-electron chi connectivity index (χ1n) is 2.98. The average molecular weight is 169 g/mol. The summed E-state index contributed by atoms with van der Waals surface area (Å²) in [5.41, 5.74) is 0. The number of nitrogens with zero attached hydrogens (tertiary/aromatic N) is 2. The van der Waals surface area contributed by atoms with Crippen LogP contribution in [-0.4, -0.2) is 21.6 Å². The lowest BCUT2D eigenvalue weighted by Gasteiger charge is -1.98. The van der Waals surface area contributed by atoms with E-state index >= 15 is 0 Å². The van der Waals surface area contributed by atoms with E-state index in [1.165, 1.54) is 6.33 Å². The van der Waals surface area contributed by atoms with Crippen LogP contribution >= 0.6 is 12.2 Å². The maximum atomic E-state index is 5.04. The Hall–Kier alpha value is -1.23. The van der Waals surface area contributed by atoms with Gasteiger partial charge in [0, 0.05) is 0 Å². The second-order valence-corrected chi connectivity index (χ2v) is 2.10. The third kappa shape index (κ3) is 2.46. The first kappa shape index (κ1) is 7.87. The van der Waals surface area contributed by atoms with E-state index in [4.69, 9.17) is 17.0 Å². The quantitative estimate of drug-likeness (QED) is 0.543. The molecule has 0 unspecified atom stereocenters. The Morgan fingerprint density at radius 1 is 1.73 bits per heavy atom. The van der Waals surface area contributed by atoms with E-state index in [0.717, 1.165) is 0 Å². The number of H-pyrrole nitrogens is 1. The SMILES string of the molecule is C=CCOc1ncnc(=S)[nH]1. The molecule has 1 aromatic rings. The predicted octanol–water partition coefficient (Wildman–Crippen LogP) is 1.10. The first-order chi connectivity index (χ1) is 5.33. The van der Waals surface area contributed by atoms with Gasteiger partial charge >= 0.3 is 0 Å². The van der Waals surface area contributed by atoms with Crippen LogP contribution in [0.15, 0.2) is 19.0 Å². The minimum absolute atomic E-state index is 0.360. The summed E-state index contributed by atoms with van der Waals surface area (Å²) in [5, 5.41) is 0. The second-order valence-electron chi connectivity index (χ2n) is 1.71. The maximum Gasteiger partial charge on any atom is 0.297 e. The second kappa shape index (κ2) is 3.82. The van der Waals surface area contributed by atoms with Crippen LogP contribution in [0.1, 0.15) is 0 Å². The molecule has 0 radical (unpaired) electrons. The van der Waals surface area contributed by atoms with Crippen molar-refractivity contribution in [2.75, 3.05) is 6.61 Å². The smallest absolute Gasteiger partial charge is 0.297 e. The number of rotatable bonds is 3. The summed E-state index contributed by atoms with van der Waals surface area (Å²) in [6.07, 6.45) is 2.97. The standard InChI is InChI=1S/C6H7N3OS/c1-2-3-10-5-7-4-8-6(11)9-5/h2,4H,1,3H2,(H,7,8,9,11). The molecule has 0 aliphatic rings. The molecule has 1 heterocycles. The van der Waals surface area contributed by atoms with Gasteiger partial charge < -0.3 is 4.74 Å². The molecule has 5 heteroatoms. The molecule has 0 aliphatic carbocycles. The topological polar surface area (TPSA) is 50.8 Å². The molecule has 0 spiro atoms. The van der Waals surface area contributed by atoms with Crippen molar-refractivity contribution >= 4 is 12.2 Å². The number of nitrogens with one attached hydrogen (secondary N) is 1. The lowest BCUT2D eigenvalue weighted by atomic mass is 10.7. The molecule has 1 aromatic heterocycles. The minimum atomic E-state index is 0.360. The van der Waals surface area contributed by atoms with Crippen molar-refractivity contribution in [3.63, 3.8) is 0 Å². The third-order valence-electron chi connectivity index (χ3n) is 0.902. The molecule has 58 valence electrons. The largest absolute Gasteiger partial charge is 0.461 e. The zero-order chi connectivity index (χ0) is 8.10. The van der Waals surface area contributed by atoms with E-state index in [-0.39, 0.29) is 0 Å². The minimum Gasteiger partial charge on any atom is -0.461 e. The zero-order valence-electron chi connectivity index (χ0n) is 5.78. The maximum absolute atomic E-state index is 5.04. The number of ether oxygens (including phenoxy) is 1. The lowest BCUT2D eigenvalue weighted by molar-refractivity contribution is 0.331. The number of aromatic amines is 1. The van der Waals surface area contributed by atoms with Crippen molar-refractivity contribution < 1.29 is 4.74 Å². The summed E-state index contributed by atoms with van der Waals surface area (Å²) in [4.78, 5) is 10.1. The van der Waals surface area contributed by atoms with E-state index in [1.54, 1.807) is 6.08 Å². The van der Waals surface area contributed by atoms with Crippen LogP contribution in [0.5, 0.6) is 6.01 Å². The fraction of sp³-hybridized carbons (Fsp3) is 0.167. The Balaban J connectivity index is 2.71. The van der Waals surface area contributed by atoms with E-state index in [0.29, 0.717) is 17.4 Å².